The minimum Gasteiger partial charge on any atom is -0.309 e. The first-order valence-corrected chi connectivity index (χ1v) is 29.1. The van der Waals surface area contributed by atoms with Gasteiger partial charge in [0.1, 0.15) is 0 Å². The molecule has 0 fully saturated rings. The minimum atomic E-state index is -5.09. The minimum absolute atomic E-state index is 0.114. The van der Waals surface area contributed by atoms with Crippen LogP contribution in [0.5, 0.6) is 0 Å². The second-order valence-corrected chi connectivity index (χ2v) is 22.3. The molecule has 0 radical (unpaired) electrons. The van der Waals surface area contributed by atoms with Gasteiger partial charge in [-0.2, -0.15) is 26.3 Å². The maximum absolute atomic E-state index is 15.0. The lowest BCUT2D eigenvalue weighted by molar-refractivity contribution is -0.142. The molecular formula is C78H47F6N5. The van der Waals surface area contributed by atoms with Crippen LogP contribution in [0.15, 0.2) is 285 Å². The molecule has 426 valence electrons. The number of hydrogen-bond donors (Lipinski definition) is 0. The second-order valence-electron chi connectivity index (χ2n) is 22.3. The molecule has 4 heterocycles. The van der Waals surface area contributed by atoms with Crippen LogP contribution < -0.4 is 0 Å². The van der Waals surface area contributed by atoms with Crippen molar-refractivity contribution in [2.45, 2.75) is 12.4 Å². The number of nitrogens with zero attached hydrogens (tertiary/aromatic N) is 5. The van der Waals surface area contributed by atoms with Crippen LogP contribution in [-0.2, 0) is 12.4 Å². The lowest BCUT2D eigenvalue weighted by atomic mass is 9.92. The van der Waals surface area contributed by atoms with E-state index in [0.29, 0.717) is 22.8 Å². The molecule has 0 saturated heterocycles. The van der Waals surface area contributed by atoms with Gasteiger partial charge in [-0.3, -0.25) is 0 Å². The third-order valence-electron chi connectivity index (χ3n) is 17.1. The Morgan fingerprint density at radius 2 is 0.640 bits per heavy atom. The fourth-order valence-electron chi connectivity index (χ4n) is 13.1. The molecule has 0 saturated carbocycles. The lowest BCUT2D eigenvalue weighted by Crippen LogP contribution is -2.12. The van der Waals surface area contributed by atoms with Gasteiger partial charge in [0.15, 0.2) is 5.82 Å². The molecule has 0 spiro atoms. The van der Waals surface area contributed by atoms with Crippen molar-refractivity contribution in [2.75, 3.05) is 0 Å². The summed E-state index contributed by atoms with van der Waals surface area (Å²) in [5, 5.41) is 5.84. The van der Waals surface area contributed by atoms with Crippen molar-refractivity contribution in [3.8, 4) is 84.3 Å². The van der Waals surface area contributed by atoms with Crippen LogP contribution in [-0.4, -0.2) is 23.7 Å². The standard InChI is InChI=1S/C78H47F6N5/c79-77(80,81)54-36-41-57(66(46-54)78(82,83)84)52-35-42-74-65(43-52)62-25-11-16-30-73(62)89(74)75-63(48-31-37-55(38-32-48)87-69-26-12-7-21-58(69)59-22-8-13-27-70(59)87)44-53(76-85-67(50-17-3-1-4-18-50)47-68(86-76)51-19-5-2-6-20-51)45-64(75)49-33-39-56(40-34-49)88-71-28-14-9-23-60(71)61-24-10-15-29-72(61)88/h1-47H. The SMILES string of the molecule is FC(F)(F)c1ccc(-c2ccc3c(c2)c2ccccc2n3-c2c(-c3ccc(-n4c5ccccc5c5ccccc54)cc3)cc(-c3nc(-c4ccccc4)cc(-c4ccccc4)n3)cc2-c2ccc(-n3c4ccccc4c4ccccc43)cc2)c(C(F)(F)F)c1. The van der Waals surface area contributed by atoms with E-state index in [1.807, 2.05) is 115 Å². The molecular weight excluding hydrogens is 1120 g/mol. The molecule has 5 nitrogen and oxygen atoms in total. The highest BCUT2D eigenvalue weighted by Crippen LogP contribution is 2.48. The number of halogens is 6. The van der Waals surface area contributed by atoms with E-state index in [2.05, 4.69) is 147 Å². The number of para-hydroxylation sites is 5. The fraction of sp³-hybridized carbons (Fsp3) is 0.0256. The lowest BCUT2D eigenvalue weighted by Gasteiger charge is -2.22. The predicted octanol–water partition coefficient (Wildman–Crippen LogP) is 21.8. The average Bonchev–Trinajstić information content (AvgIpc) is 2.17. The molecule has 0 aliphatic rings. The highest BCUT2D eigenvalue weighted by atomic mass is 19.4. The van der Waals surface area contributed by atoms with Gasteiger partial charge < -0.3 is 13.7 Å². The summed E-state index contributed by atoms with van der Waals surface area (Å²) in [5.74, 6) is 0.479. The van der Waals surface area contributed by atoms with E-state index < -0.39 is 23.5 Å². The van der Waals surface area contributed by atoms with Gasteiger partial charge in [0.25, 0.3) is 0 Å². The van der Waals surface area contributed by atoms with Gasteiger partial charge in [0.05, 0.1) is 61.3 Å². The van der Waals surface area contributed by atoms with Crippen molar-refractivity contribution < 1.29 is 26.3 Å². The summed E-state index contributed by atoms with van der Waals surface area (Å²) in [7, 11) is 0. The Kier molecular flexibility index (Phi) is 12.4. The number of hydrogen-bond acceptors (Lipinski definition) is 2. The Bertz CT molecular complexity index is 5100. The molecule has 0 amide bonds. The van der Waals surface area contributed by atoms with Gasteiger partial charge in [-0.05, 0) is 119 Å². The van der Waals surface area contributed by atoms with E-state index in [0.717, 1.165) is 128 Å². The summed E-state index contributed by atoms with van der Waals surface area (Å²) in [6.45, 7) is 0. The zero-order valence-electron chi connectivity index (χ0n) is 47.1. The molecule has 11 heteroatoms. The molecule has 0 N–H and O–H groups in total. The number of fused-ring (bicyclic) bond motifs is 9. The summed E-state index contributed by atoms with van der Waals surface area (Å²) >= 11 is 0. The summed E-state index contributed by atoms with van der Waals surface area (Å²) in [4.78, 5) is 10.8. The Labute approximate surface area is 505 Å². The van der Waals surface area contributed by atoms with Crippen molar-refractivity contribution in [3.05, 3.63) is 296 Å². The Hall–Kier alpha value is -11.3. The van der Waals surface area contributed by atoms with Gasteiger partial charge in [-0.1, -0.05) is 188 Å². The van der Waals surface area contributed by atoms with Crippen LogP contribution in [0.3, 0.4) is 0 Å². The Balaban J connectivity index is 0.991. The molecule has 89 heavy (non-hydrogen) atoms. The van der Waals surface area contributed by atoms with E-state index in [1.54, 1.807) is 18.2 Å². The van der Waals surface area contributed by atoms with E-state index in [1.165, 1.54) is 0 Å². The highest BCUT2D eigenvalue weighted by molar-refractivity contribution is 6.13. The number of rotatable bonds is 9. The van der Waals surface area contributed by atoms with Crippen LogP contribution in [0, 0.1) is 0 Å². The van der Waals surface area contributed by atoms with Crippen molar-refractivity contribution >= 4 is 65.4 Å². The van der Waals surface area contributed by atoms with E-state index in [4.69, 9.17) is 9.97 Å². The molecule has 0 bridgehead atoms. The van der Waals surface area contributed by atoms with E-state index in [9.17, 15) is 26.3 Å². The average molecular weight is 1170 g/mol. The third-order valence-corrected chi connectivity index (χ3v) is 17.1. The number of alkyl halides is 6. The van der Waals surface area contributed by atoms with Crippen LogP contribution in [0.1, 0.15) is 11.1 Å². The normalized spacial score (nSPS) is 12.2. The first-order valence-electron chi connectivity index (χ1n) is 29.1. The smallest absolute Gasteiger partial charge is 0.309 e. The van der Waals surface area contributed by atoms with Crippen LogP contribution >= 0.6 is 0 Å². The third kappa shape index (κ3) is 9.03. The Morgan fingerprint density at radius 1 is 0.258 bits per heavy atom. The monoisotopic (exact) mass is 1170 g/mol. The summed E-state index contributed by atoms with van der Waals surface area (Å²) < 4.78 is 93.8. The molecule has 12 aromatic carbocycles. The van der Waals surface area contributed by atoms with Crippen molar-refractivity contribution in [1.82, 2.24) is 23.7 Å². The first-order chi connectivity index (χ1) is 43.4. The maximum atomic E-state index is 15.0. The fourth-order valence-corrected chi connectivity index (χ4v) is 13.1. The molecule has 0 atom stereocenters. The van der Waals surface area contributed by atoms with Gasteiger partial charge in [-0.25, -0.2) is 9.97 Å². The van der Waals surface area contributed by atoms with Crippen molar-refractivity contribution in [2.24, 2.45) is 0 Å². The summed E-state index contributed by atoms with van der Waals surface area (Å²) in [6.07, 6.45) is -10.1. The molecule has 16 rings (SSSR count). The second kappa shape index (κ2) is 20.7. The highest BCUT2D eigenvalue weighted by Gasteiger charge is 2.39. The summed E-state index contributed by atoms with van der Waals surface area (Å²) in [5.41, 5.74) is 12.6. The van der Waals surface area contributed by atoms with Gasteiger partial charge in [0.2, 0.25) is 0 Å². The quantitative estimate of drug-likeness (QED) is 0.135. The topological polar surface area (TPSA) is 40.6 Å². The molecule has 0 unspecified atom stereocenters. The van der Waals surface area contributed by atoms with Crippen LogP contribution in [0.2, 0.25) is 0 Å². The van der Waals surface area contributed by atoms with Crippen LogP contribution in [0.25, 0.3) is 150 Å². The van der Waals surface area contributed by atoms with Crippen LogP contribution in [0.4, 0.5) is 26.3 Å². The molecule has 16 aromatic rings. The van der Waals surface area contributed by atoms with Crippen molar-refractivity contribution in [1.29, 1.82) is 0 Å². The first kappa shape index (κ1) is 53.2. The van der Waals surface area contributed by atoms with Gasteiger partial charge in [0, 0.05) is 71.5 Å². The summed E-state index contributed by atoms with van der Waals surface area (Å²) in [6, 6.07) is 91.4. The largest absolute Gasteiger partial charge is 0.417 e. The predicted molar refractivity (Wildman–Crippen MR) is 348 cm³/mol. The number of benzene rings is 12. The van der Waals surface area contributed by atoms with Crippen molar-refractivity contribution in [3.63, 3.8) is 0 Å². The number of aromatic nitrogens is 5. The van der Waals surface area contributed by atoms with Gasteiger partial charge in [-0.15, -0.1) is 0 Å². The molecule has 4 aromatic heterocycles. The van der Waals surface area contributed by atoms with E-state index in [-0.39, 0.29) is 17.2 Å². The van der Waals surface area contributed by atoms with Gasteiger partial charge >= 0.3 is 12.4 Å². The van der Waals surface area contributed by atoms with E-state index >= 15 is 0 Å². The maximum Gasteiger partial charge on any atom is 0.417 e. The zero-order chi connectivity index (χ0) is 60.1. The zero-order valence-corrected chi connectivity index (χ0v) is 47.1. The Morgan fingerprint density at radius 3 is 1.07 bits per heavy atom. The molecule has 0 aliphatic carbocycles. The molecule has 0 aliphatic heterocycles.